The lowest BCUT2D eigenvalue weighted by molar-refractivity contribution is -0.107. The van der Waals surface area contributed by atoms with Crippen LogP contribution in [0.1, 0.15) is 23.1 Å². The molecule has 1 aliphatic rings. The smallest absolute Gasteiger partial charge is 0.120 e. The highest BCUT2D eigenvalue weighted by Gasteiger charge is 2.08. The fourth-order valence-corrected chi connectivity index (χ4v) is 1.91. The van der Waals surface area contributed by atoms with E-state index in [1.54, 1.807) is 0 Å². The maximum atomic E-state index is 10.3. The number of carbonyl (C=O) groups excluding carboxylic acids is 1. The van der Waals surface area contributed by atoms with Crippen molar-refractivity contribution < 1.29 is 4.79 Å². The molecule has 0 saturated heterocycles. The zero-order valence-electron chi connectivity index (χ0n) is 8.66. The molecule has 0 bridgehead atoms. The first-order valence-electron chi connectivity index (χ1n) is 5.15. The van der Waals surface area contributed by atoms with Gasteiger partial charge in [0.05, 0.1) is 0 Å². The van der Waals surface area contributed by atoms with Crippen LogP contribution in [0.15, 0.2) is 18.2 Å². The summed E-state index contributed by atoms with van der Waals surface area (Å²) >= 11 is 0. The van der Waals surface area contributed by atoms with E-state index in [-0.39, 0.29) is 12.4 Å². The first-order valence-corrected chi connectivity index (χ1v) is 5.15. The fraction of sp³-hybridized carbons (Fsp3) is 0.417. The van der Waals surface area contributed by atoms with Gasteiger partial charge in [0.25, 0.3) is 0 Å². The van der Waals surface area contributed by atoms with Crippen LogP contribution in [0.2, 0.25) is 0 Å². The Kier molecular flexibility index (Phi) is 4.79. The highest BCUT2D eigenvalue weighted by molar-refractivity contribution is 5.85. The predicted molar refractivity (Wildman–Crippen MR) is 63.5 cm³/mol. The summed E-state index contributed by atoms with van der Waals surface area (Å²) in [6.45, 7) is 2.06. The van der Waals surface area contributed by atoms with Gasteiger partial charge in [-0.2, -0.15) is 0 Å². The van der Waals surface area contributed by atoms with E-state index in [1.807, 2.05) is 0 Å². The summed E-state index contributed by atoms with van der Waals surface area (Å²) in [5, 5.41) is 3.35. The number of carbonyl (C=O) groups is 1. The minimum absolute atomic E-state index is 0. The molecule has 0 aliphatic carbocycles. The van der Waals surface area contributed by atoms with Crippen molar-refractivity contribution in [1.82, 2.24) is 5.32 Å². The number of fused-ring (bicyclic) bond motifs is 1. The normalized spacial score (nSPS) is 13.9. The van der Waals surface area contributed by atoms with Crippen molar-refractivity contribution in [2.45, 2.75) is 25.8 Å². The summed E-state index contributed by atoms with van der Waals surface area (Å²) in [5.74, 6) is 0. The standard InChI is InChI=1S/C12H15NO.ClH/c14-7-1-2-10-3-4-12-9-13-6-5-11(12)8-10;/h3-4,7-8,13H,1-2,5-6,9H2;1H. The molecule has 0 atom stereocenters. The Bertz CT molecular complexity index is 338. The average Bonchev–Trinajstić information content (AvgIpc) is 2.26. The van der Waals surface area contributed by atoms with E-state index in [0.717, 1.165) is 32.2 Å². The number of benzene rings is 1. The van der Waals surface area contributed by atoms with Crippen molar-refractivity contribution in [3.63, 3.8) is 0 Å². The maximum Gasteiger partial charge on any atom is 0.120 e. The summed E-state index contributed by atoms with van der Waals surface area (Å²) in [6, 6.07) is 6.57. The van der Waals surface area contributed by atoms with Gasteiger partial charge < -0.3 is 10.1 Å². The number of rotatable bonds is 3. The van der Waals surface area contributed by atoms with E-state index in [4.69, 9.17) is 0 Å². The number of aldehydes is 1. The minimum Gasteiger partial charge on any atom is -0.312 e. The van der Waals surface area contributed by atoms with E-state index in [1.165, 1.54) is 16.7 Å². The number of aryl methyl sites for hydroxylation is 1. The van der Waals surface area contributed by atoms with Crippen LogP contribution < -0.4 is 5.32 Å². The van der Waals surface area contributed by atoms with Gasteiger partial charge >= 0.3 is 0 Å². The van der Waals surface area contributed by atoms with E-state index < -0.39 is 0 Å². The molecule has 0 spiro atoms. The third-order valence-electron chi connectivity index (χ3n) is 2.71. The molecule has 1 aromatic carbocycles. The lowest BCUT2D eigenvalue weighted by Gasteiger charge is -2.17. The third kappa shape index (κ3) is 3.05. The molecule has 3 heteroatoms. The van der Waals surface area contributed by atoms with Crippen LogP contribution in [0, 0.1) is 0 Å². The van der Waals surface area contributed by atoms with E-state index in [0.29, 0.717) is 6.42 Å². The second-order valence-electron chi connectivity index (χ2n) is 3.74. The van der Waals surface area contributed by atoms with Crippen molar-refractivity contribution in [2.75, 3.05) is 6.54 Å². The molecule has 0 unspecified atom stereocenters. The van der Waals surface area contributed by atoms with Gasteiger partial charge in [-0.3, -0.25) is 0 Å². The molecule has 0 fully saturated rings. The van der Waals surface area contributed by atoms with Gasteiger partial charge in [-0.25, -0.2) is 0 Å². The summed E-state index contributed by atoms with van der Waals surface area (Å²) in [5.41, 5.74) is 4.15. The molecular weight excluding hydrogens is 210 g/mol. The number of hydrogen-bond acceptors (Lipinski definition) is 2. The van der Waals surface area contributed by atoms with Crippen LogP contribution in [0.5, 0.6) is 0 Å². The van der Waals surface area contributed by atoms with Crippen LogP contribution in [-0.4, -0.2) is 12.8 Å². The van der Waals surface area contributed by atoms with Crippen LogP contribution in [0.4, 0.5) is 0 Å². The topological polar surface area (TPSA) is 29.1 Å². The Morgan fingerprint density at radius 2 is 2.20 bits per heavy atom. The second-order valence-corrected chi connectivity index (χ2v) is 3.74. The van der Waals surface area contributed by atoms with Gasteiger partial charge in [0, 0.05) is 13.0 Å². The highest BCUT2D eigenvalue weighted by Crippen LogP contribution is 2.16. The lowest BCUT2D eigenvalue weighted by Crippen LogP contribution is -2.23. The van der Waals surface area contributed by atoms with Crippen LogP contribution in [0.3, 0.4) is 0 Å². The van der Waals surface area contributed by atoms with Crippen LogP contribution in [0.25, 0.3) is 0 Å². The Morgan fingerprint density at radius 1 is 1.33 bits per heavy atom. The van der Waals surface area contributed by atoms with Crippen molar-refractivity contribution in [2.24, 2.45) is 0 Å². The number of nitrogens with one attached hydrogen (secondary N) is 1. The zero-order valence-corrected chi connectivity index (χ0v) is 9.48. The van der Waals surface area contributed by atoms with Crippen LogP contribution in [-0.2, 0) is 24.2 Å². The molecule has 0 radical (unpaired) electrons. The third-order valence-corrected chi connectivity index (χ3v) is 2.71. The monoisotopic (exact) mass is 225 g/mol. The fourth-order valence-electron chi connectivity index (χ4n) is 1.91. The highest BCUT2D eigenvalue weighted by atomic mass is 35.5. The summed E-state index contributed by atoms with van der Waals surface area (Å²) < 4.78 is 0. The molecule has 1 aromatic rings. The first kappa shape index (κ1) is 12.2. The Hall–Kier alpha value is -0.860. The SMILES string of the molecule is Cl.O=CCCc1ccc2c(c1)CCNC2. The van der Waals surface area contributed by atoms with Gasteiger partial charge in [0.15, 0.2) is 0 Å². The van der Waals surface area contributed by atoms with Gasteiger partial charge in [-0.05, 0) is 36.1 Å². The Morgan fingerprint density at radius 3 is 3.00 bits per heavy atom. The molecule has 0 aromatic heterocycles. The minimum atomic E-state index is 0. The number of hydrogen-bond donors (Lipinski definition) is 1. The summed E-state index contributed by atoms with van der Waals surface area (Å²) in [4.78, 5) is 10.3. The molecule has 1 N–H and O–H groups in total. The Labute approximate surface area is 96.5 Å². The molecule has 1 aliphatic heterocycles. The first-order chi connectivity index (χ1) is 6.90. The Balaban J connectivity index is 0.00000112. The molecule has 2 nitrogen and oxygen atoms in total. The molecule has 2 rings (SSSR count). The summed E-state index contributed by atoms with van der Waals surface area (Å²) in [6.07, 6.45) is 3.62. The molecule has 82 valence electrons. The zero-order chi connectivity index (χ0) is 9.80. The van der Waals surface area contributed by atoms with Gasteiger partial charge in [-0.1, -0.05) is 18.2 Å². The molecule has 15 heavy (non-hydrogen) atoms. The molecule has 0 saturated carbocycles. The largest absolute Gasteiger partial charge is 0.312 e. The lowest BCUT2D eigenvalue weighted by atomic mass is 9.97. The van der Waals surface area contributed by atoms with Crippen LogP contribution >= 0.6 is 12.4 Å². The summed E-state index contributed by atoms with van der Waals surface area (Å²) in [7, 11) is 0. The maximum absolute atomic E-state index is 10.3. The number of halogens is 1. The van der Waals surface area contributed by atoms with E-state index >= 15 is 0 Å². The van der Waals surface area contributed by atoms with E-state index in [9.17, 15) is 4.79 Å². The molecule has 0 amide bonds. The van der Waals surface area contributed by atoms with Crippen molar-refractivity contribution in [3.8, 4) is 0 Å². The van der Waals surface area contributed by atoms with Crippen molar-refractivity contribution in [1.29, 1.82) is 0 Å². The average molecular weight is 226 g/mol. The van der Waals surface area contributed by atoms with Crippen molar-refractivity contribution >= 4 is 18.7 Å². The van der Waals surface area contributed by atoms with Gasteiger partial charge in [-0.15, -0.1) is 12.4 Å². The molecular formula is C12H16ClNO. The predicted octanol–water partition coefficient (Wildman–Crippen LogP) is 1.89. The quantitative estimate of drug-likeness (QED) is 0.796. The molecule has 1 heterocycles. The van der Waals surface area contributed by atoms with E-state index in [2.05, 4.69) is 23.5 Å². The van der Waals surface area contributed by atoms with Gasteiger partial charge in [0.1, 0.15) is 6.29 Å². The van der Waals surface area contributed by atoms with Crippen molar-refractivity contribution in [3.05, 3.63) is 34.9 Å². The van der Waals surface area contributed by atoms with Gasteiger partial charge in [0.2, 0.25) is 0 Å². The second kappa shape index (κ2) is 5.89.